The summed E-state index contributed by atoms with van der Waals surface area (Å²) >= 11 is 1.30. The highest BCUT2D eigenvalue weighted by Crippen LogP contribution is 2.26. The Balaban J connectivity index is 1.36. The summed E-state index contributed by atoms with van der Waals surface area (Å²) < 4.78 is 11.7. The minimum absolute atomic E-state index is 0.0191. The van der Waals surface area contributed by atoms with Gasteiger partial charge in [-0.15, -0.1) is 11.3 Å². The number of aromatic nitrogens is 1. The lowest BCUT2D eigenvalue weighted by Crippen LogP contribution is -2.42. The Kier molecular flexibility index (Phi) is 6.02. The highest BCUT2D eigenvalue weighted by atomic mass is 32.1. The lowest BCUT2D eigenvalue weighted by molar-refractivity contribution is -0.137. The van der Waals surface area contributed by atoms with E-state index in [0.29, 0.717) is 43.6 Å². The van der Waals surface area contributed by atoms with Gasteiger partial charge in [-0.1, -0.05) is 30.3 Å². The van der Waals surface area contributed by atoms with Crippen molar-refractivity contribution in [3.63, 3.8) is 0 Å². The number of nitrogens with one attached hydrogen (secondary N) is 1. The van der Waals surface area contributed by atoms with Crippen LogP contribution >= 0.6 is 11.3 Å². The minimum Gasteiger partial charge on any atom is -0.484 e. The molecule has 2 aromatic carbocycles. The van der Waals surface area contributed by atoms with Crippen LogP contribution in [0, 0.1) is 0 Å². The summed E-state index contributed by atoms with van der Waals surface area (Å²) in [7, 11) is 0. The number of nitrogens with zero attached hydrogens (tertiary/aromatic N) is 2. The number of rotatable bonds is 6. The van der Waals surface area contributed by atoms with Gasteiger partial charge >= 0.3 is 0 Å². The van der Waals surface area contributed by atoms with Crippen molar-refractivity contribution in [3.8, 4) is 5.75 Å². The maximum atomic E-state index is 12.4. The number of hydrogen-bond acceptors (Lipinski definition) is 6. The van der Waals surface area contributed by atoms with Crippen molar-refractivity contribution in [1.29, 1.82) is 0 Å². The number of carbonyl (C=O) groups excluding carboxylic acids is 2. The molecule has 2 amide bonds. The Morgan fingerprint density at radius 2 is 1.93 bits per heavy atom. The molecule has 1 aliphatic heterocycles. The van der Waals surface area contributed by atoms with Crippen molar-refractivity contribution in [2.75, 3.05) is 32.9 Å². The van der Waals surface area contributed by atoms with E-state index in [1.807, 2.05) is 36.4 Å². The second-order valence-corrected chi connectivity index (χ2v) is 7.63. The molecule has 29 heavy (non-hydrogen) atoms. The standard InChI is InChI=1S/C21H21N3O4S/c25-19(24-8-10-27-11-9-24)14-28-16-6-7-17-18(12-16)29-21(23-17)20(26)22-13-15-4-2-1-3-5-15/h1-7,12H,8-11,13-14H2,(H,22,26). The smallest absolute Gasteiger partial charge is 0.280 e. The van der Waals surface area contributed by atoms with Gasteiger partial charge in [-0.2, -0.15) is 0 Å². The fraction of sp³-hybridized carbons (Fsp3) is 0.286. The highest BCUT2D eigenvalue weighted by Gasteiger charge is 2.17. The minimum atomic E-state index is -0.208. The summed E-state index contributed by atoms with van der Waals surface area (Å²) in [5.41, 5.74) is 1.76. The van der Waals surface area contributed by atoms with Crippen molar-refractivity contribution in [2.24, 2.45) is 0 Å². The van der Waals surface area contributed by atoms with Gasteiger partial charge in [0.2, 0.25) is 0 Å². The highest BCUT2D eigenvalue weighted by molar-refractivity contribution is 7.20. The van der Waals surface area contributed by atoms with Crippen molar-refractivity contribution < 1.29 is 19.1 Å². The third-order valence-electron chi connectivity index (χ3n) is 4.58. The summed E-state index contributed by atoms with van der Waals surface area (Å²) in [5.74, 6) is 0.317. The van der Waals surface area contributed by atoms with E-state index in [1.54, 1.807) is 17.0 Å². The van der Waals surface area contributed by atoms with E-state index in [0.717, 1.165) is 15.8 Å². The Bertz CT molecular complexity index is 1000. The summed E-state index contributed by atoms with van der Waals surface area (Å²) in [4.78, 5) is 30.7. The molecular formula is C21H21N3O4S. The van der Waals surface area contributed by atoms with Gasteiger partial charge in [-0.3, -0.25) is 9.59 Å². The van der Waals surface area contributed by atoms with E-state index in [4.69, 9.17) is 9.47 Å². The van der Waals surface area contributed by atoms with E-state index in [1.165, 1.54) is 11.3 Å². The molecule has 0 saturated carbocycles. The molecule has 0 unspecified atom stereocenters. The third kappa shape index (κ3) is 4.90. The molecule has 1 aliphatic rings. The molecule has 0 radical (unpaired) electrons. The zero-order chi connectivity index (χ0) is 20.1. The summed E-state index contributed by atoms with van der Waals surface area (Å²) in [6.07, 6.45) is 0. The number of ether oxygens (including phenoxy) is 2. The topological polar surface area (TPSA) is 80.8 Å². The van der Waals surface area contributed by atoms with Gasteiger partial charge in [0.15, 0.2) is 11.6 Å². The Hall–Kier alpha value is -2.97. The maximum Gasteiger partial charge on any atom is 0.280 e. The van der Waals surface area contributed by atoms with Crippen molar-refractivity contribution >= 4 is 33.4 Å². The fourth-order valence-electron chi connectivity index (χ4n) is 2.99. The normalized spacial score (nSPS) is 14.0. The number of thiazole rings is 1. The van der Waals surface area contributed by atoms with E-state index in [-0.39, 0.29) is 18.4 Å². The second-order valence-electron chi connectivity index (χ2n) is 6.60. The molecule has 0 spiro atoms. The molecule has 1 fully saturated rings. The van der Waals surface area contributed by atoms with Gasteiger partial charge in [-0.25, -0.2) is 4.98 Å². The molecule has 4 rings (SSSR count). The molecule has 7 nitrogen and oxygen atoms in total. The summed E-state index contributed by atoms with van der Waals surface area (Å²) in [6, 6.07) is 15.1. The Morgan fingerprint density at radius 3 is 2.72 bits per heavy atom. The van der Waals surface area contributed by atoms with E-state index < -0.39 is 0 Å². The number of fused-ring (bicyclic) bond motifs is 1. The Labute approximate surface area is 172 Å². The number of hydrogen-bond donors (Lipinski definition) is 1. The van der Waals surface area contributed by atoms with Gasteiger partial charge < -0.3 is 19.7 Å². The molecule has 2 heterocycles. The molecule has 0 atom stereocenters. The third-order valence-corrected chi connectivity index (χ3v) is 5.59. The van der Waals surface area contributed by atoms with Crippen LogP contribution in [0.5, 0.6) is 5.75 Å². The van der Waals surface area contributed by atoms with E-state index >= 15 is 0 Å². The molecule has 150 valence electrons. The second kappa shape index (κ2) is 9.02. The average Bonchev–Trinajstić information content (AvgIpc) is 3.20. The van der Waals surface area contributed by atoms with Crippen LogP contribution in [-0.4, -0.2) is 54.6 Å². The van der Waals surface area contributed by atoms with Crippen LogP contribution in [0.25, 0.3) is 10.2 Å². The first-order valence-corrected chi connectivity index (χ1v) is 10.2. The molecule has 1 aromatic heterocycles. The first kappa shape index (κ1) is 19.4. The largest absolute Gasteiger partial charge is 0.484 e. The SMILES string of the molecule is O=C(NCc1ccccc1)c1nc2ccc(OCC(=O)N3CCOCC3)cc2s1. The van der Waals surface area contributed by atoms with Crippen LogP contribution in [0.2, 0.25) is 0 Å². The maximum absolute atomic E-state index is 12.4. The number of amides is 2. The monoisotopic (exact) mass is 411 g/mol. The lowest BCUT2D eigenvalue weighted by atomic mass is 10.2. The first-order valence-electron chi connectivity index (χ1n) is 9.40. The predicted octanol–water partition coefficient (Wildman–Crippen LogP) is 2.46. The van der Waals surface area contributed by atoms with Crippen LogP contribution in [-0.2, 0) is 16.1 Å². The van der Waals surface area contributed by atoms with E-state index in [9.17, 15) is 9.59 Å². The number of carbonyl (C=O) groups is 2. The first-order chi connectivity index (χ1) is 14.2. The molecule has 1 saturated heterocycles. The fourth-order valence-corrected chi connectivity index (χ4v) is 3.91. The quantitative estimate of drug-likeness (QED) is 0.674. The van der Waals surface area contributed by atoms with Crippen LogP contribution < -0.4 is 10.1 Å². The van der Waals surface area contributed by atoms with Crippen LogP contribution in [0.15, 0.2) is 48.5 Å². The number of benzene rings is 2. The number of morpholine rings is 1. The molecule has 8 heteroatoms. The van der Waals surface area contributed by atoms with Crippen LogP contribution in [0.1, 0.15) is 15.4 Å². The molecule has 3 aromatic rings. The predicted molar refractivity (Wildman–Crippen MR) is 110 cm³/mol. The summed E-state index contributed by atoms with van der Waals surface area (Å²) in [5, 5.41) is 3.29. The van der Waals surface area contributed by atoms with Crippen molar-refractivity contribution in [2.45, 2.75) is 6.54 Å². The average molecular weight is 411 g/mol. The zero-order valence-corrected chi connectivity index (χ0v) is 16.6. The van der Waals surface area contributed by atoms with Gasteiger partial charge in [-0.05, 0) is 23.8 Å². The van der Waals surface area contributed by atoms with Gasteiger partial charge in [0.1, 0.15) is 5.75 Å². The van der Waals surface area contributed by atoms with Crippen LogP contribution in [0.4, 0.5) is 0 Å². The van der Waals surface area contributed by atoms with E-state index in [2.05, 4.69) is 10.3 Å². The van der Waals surface area contributed by atoms with Gasteiger partial charge in [0.05, 0.1) is 23.4 Å². The Morgan fingerprint density at radius 1 is 1.14 bits per heavy atom. The molecular weight excluding hydrogens is 390 g/mol. The van der Waals surface area contributed by atoms with Crippen molar-refractivity contribution in [3.05, 3.63) is 59.1 Å². The van der Waals surface area contributed by atoms with Gasteiger partial charge in [0, 0.05) is 19.6 Å². The van der Waals surface area contributed by atoms with Gasteiger partial charge in [0.25, 0.3) is 11.8 Å². The summed E-state index contributed by atoms with van der Waals surface area (Å²) in [6.45, 7) is 2.75. The molecule has 0 aliphatic carbocycles. The lowest BCUT2D eigenvalue weighted by Gasteiger charge is -2.26. The van der Waals surface area contributed by atoms with Crippen molar-refractivity contribution in [1.82, 2.24) is 15.2 Å². The zero-order valence-electron chi connectivity index (χ0n) is 15.8. The molecule has 0 bridgehead atoms. The molecule has 1 N–H and O–H groups in total. The van der Waals surface area contributed by atoms with Crippen LogP contribution in [0.3, 0.4) is 0 Å².